The predicted octanol–water partition coefficient (Wildman–Crippen LogP) is 4.10. The number of rotatable bonds is 5. The third-order valence-electron chi connectivity index (χ3n) is 4.80. The van der Waals surface area contributed by atoms with Gasteiger partial charge in [-0.25, -0.2) is 0 Å². The lowest BCUT2D eigenvalue weighted by Crippen LogP contribution is -2.39. The van der Waals surface area contributed by atoms with Crippen molar-refractivity contribution in [3.63, 3.8) is 0 Å². The normalized spacial score (nSPS) is 15.6. The summed E-state index contributed by atoms with van der Waals surface area (Å²) in [6, 6.07) is 21.0. The average Bonchev–Trinajstić information content (AvgIpc) is 2.62. The van der Waals surface area contributed by atoms with Gasteiger partial charge in [0.15, 0.2) is 0 Å². The molecule has 0 N–H and O–H groups in total. The largest absolute Gasteiger partial charge is 0.343 e. The molecule has 0 spiro atoms. The molecule has 1 heterocycles. The zero-order valence-electron chi connectivity index (χ0n) is 13.7. The molecule has 1 aliphatic heterocycles. The fraction of sp³-hybridized carbons (Fsp3) is 0.381. The van der Waals surface area contributed by atoms with Gasteiger partial charge >= 0.3 is 0 Å². The SMILES string of the molecule is O=C(CCc1ccccc1)N1CCC(Cc2ccccc2)CC1. The standard InChI is InChI=1S/C21H25NO/c23-21(12-11-18-7-3-1-4-8-18)22-15-13-20(14-16-22)17-19-9-5-2-6-10-19/h1-10,20H,11-17H2. The lowest BCUT2D eigenvalue weighted by Gasteiger charge is -2.32. The molecule has 23 heavy (non-hydrogen) atoms. The maximum absolute atomic E-state index is 12.4. The molecule has 0 aromatic heterocycles. The van der Waals surface area contributed by atoms with E-state index >= 15 is 0 Å². The highest BCUT2D eigenvalue weighted by Gasteiger charge is 2.22. The van der Waals surface area contributed by atoms with Crippen molar-refractivity contribution in [2.24, 2.45) is 5.92 Å². The van der Waals surface area contributed by atoms with Gasteiger partial charge in [-0.05, 0) is 42.7 Å². The Morgan fingerprint density at radius 1 is 0.870 bits per heavy atom. The Hall–Kier alpha value is -2.09. The number of piperidine rings is 1. The number of aryl methyl sites for hydroxylation is 1. The molecule has 2 nitrogen and oxygen atoms in total. The van der Waals surface area contributed by atoms with Crippen LogP contribution in [0.25, 0.3) is 0 Å². The number of benzene rings is 2. The fourth-order valence-corrected chi connectivity index (χ4v) is 3.39. The van der Waals surface area contributed by atoms with Crippen LogP contribution in [0.2, 0.25) is 0 Å². The predicted molar refractivity (Wildman–Crippen MR) is 94.2 cm³/mol. The highest BCUT2D eigenvalue weighted by molar-refractivity contribution is 5.76. The lowest BCUT2D eigenvalue weighted by atomic mass is 9.90. The molecule has 1 saturated heterocycles. The van der Waals surface area contributed by atoms with Crippen LogP contribution in [0.5, 0.6) is 0 Å². The van der Waals surface area contributed by atoms with Gasteiger partial charge in [0, 0.05) is 19.5 Å². The van der Waals surface area contributed by atoms with E-state index in [4.69, 9.17) is 0 Å². The highest BCUT2D eigenvalue weighted by atomic mass is 16.2. The Balaban J connectivity index is 1.42. The van der Waals surface area contributed by atoms with Gasteiger partial charge < -0.3 is 4.90 Å². The number of nitrogens with zero attached hydrogens (tertiary/aromatic N) is 1. The number of carbonyl (C=O) groups is 1. The molecule has 3 rings (SSSR count). The summed E-state index contributed by atoms with van der Waals surface area (Å²) < 4.78 is 0. The first-order chi connectivity index (χ1) is 11.3. The number of hydrogen-bond acceptors (Lipinski definition) is 1. The quantitative estimate of drug-likeness (QED) is 0.814. The van der Waals surface area contributed by atoms with Crippen LogP contribution in [0.1, 0.15) is 30.4 Å². The Morgan fingerprint density at radius 3 is 2.04 bits per heavy atom. The second-order valence-corrected chi connectivity index (χ2v) is 6.50. The molecule has 2 aromatic carbocycles. The van der Waals surface area contributed by atoms with E-state index in [0.29, 0.717) is 12.3 Å². The van der Waals surface area contributed by atoms with Gasteiger partial charge in [0.25, 0.3) is 0 Å². The minimum Gasteiger partial charge on any atom is -0.343 e. The van der Waals surface area contributed by atoms with Gasteiger partial charge in [0.1, 0.15) is 0 Å². The summed E-state index contributed by atoms with van der Waals surface area (Å²) in [5, 5.41) is 0. The van der Waals surface area contributed by atoms with Gasteiger partial charge in [0.05, 0.1) is 0 Å². The van der Waals surface area contributed by atoms with Crippen LogP contribution in [0, 0.1) is 5.92 Å². The zero-order chi connectivity index (χ0) is 15.9. The summed E-state index contributed by atoms with van der Waals surface area (Å²) in [6.45, 7) is 1.84. The van der Waals surface area contributed by atoms with Crippen molar-refractivity contribution in [2.45, 2.75) is 32.1 Å². The van der Waals surface area contributed by atoms with Gasteiger partial charge in [-0.15, -0.1) is 0 Å². The monoisotopic (exact) mass is 307 g/mol. The van der Waals surface area contributed by atoms with E-state index in [0.717, 1.165) is 44.7 Å². The lowest BCUT2D eigenvalue weighted by molar-refractivity contribution is -0.132. The van der Waals surface area contributed by atoms with Crippen LogP contribution >= 0.6 is 0 Å². The number of hydrogen-bond donors (Lipinski definition) is 0. The zero-order valence-corrected chi connectivity index (χ0v) is 13.7. The molecule has 1 aliphatic rings. The number of carbonyl (C=O) groups excluding carboxylic acids is 1. The summed E-state index contributed by atoms with van der Waals surface area (Å²) in [4.78, 5) is 14.4. The van der Waals surface area contributed by atoms with E-state index in [9.17, 15) is 4.79 Å². The van der Waals surface area contributed by atoms with Crippen LogP contribution in [0.15, 0.2) is 60.7 Å². The van der Waals surface area contributed by atoms with Crippen LogP contribution in [-0.2, 0) is 17.6 Å². The third-order valence-corrected chi connectivity index (χ3v) is 4.80. The average molecular weight is 307 g/mol. The van der Waals surface area contributed by atoms with E-state index in [1.807, 2.05) is 18.2 Å². The van der Waals surface area contributed by atoms with Gasteiger partial charge in [-0.2, -0.15) is 0 Å². The first-order valence-corrected chi connectivity index (χ1v) is 8.67. The van der Waals surface area contributed by atoms with Crippen molar-refractivity contribution in [3.05, 3.63) is 71.8 Å². The van der Waals surface area contributed by atoms with Crippen LogP contribution in [0.4, 0.5) is 0 Å². The smallest absolute Gasteiger partial charge is 0.222 e. The Morgan fingerprint density at radius 2 is 1.43 bits per heavy atom. The fourth-order valence-electron chi connectivity index (χ4n) is 3.39. The van der Waals surface area contributed by atoms with Crippen LogP contribution in [0.3, 0.4) is 0 Å². The first kappa shape index (κ1) is 15.8. The summed E-state index contributed by atoms with van der Waals surface area (Å²) in [5.41, 5.74) is 2.67. The maximum atomic E-state index is 12.4. The molecule has 0 radical (unpaired) electrons. The first-order valence-electron chi connectivity index (χ1n) is 8.67. The molecule has 2 heteroatoms. The van der Waals surface area contributed by atoms with Gasteiger partial charge in [0.2, 0.25) is 5.91 Å². The van der Waals surface area contributed by atoms with E-state index in [-0.39, 0.29) is 0 Å². The molecule has 0 unspecified atom stereocenters. The summed E-state index contributed by atoms with van der Waals surface area (Å²) in [6.07, 6.45) is 4.89. The summed E-state index contributed by atoms with van der Waals surface area (Å²) in [5.74, 6) is 1.03. The second-order valence-electron chi connectivity index (χ2n) is 6.50. The molecule has 0 atom stereocenters. The summed E-state index contributed by atoms with van der Waals surface area (Å²) >= 11 is 0. The Bertz CT molecular complexity index is 600. The molecule has 0 saturated carbocycles. The minimum absolute atomic E-state index is 0.312. The van der Waals surface area contributed by atoms with Crippen molar-refractivity contribution in [1.82, 2.24) is 4.90 Å². The molecule has 1 amide bonds. The highest BCUT2D eigenvalue weighted by Crippen LogP contribution is 2.22. The minimum atomic E-state index is 0.312. The van der Waals surface area contributed by atoms with Crippen molar-refractivity contribution >= 4 is 5.91 Å². The Labute approximate surface area is 139 Å². The molecule has 120 valence electrons. The summed E-state index contributed by atoms with van der Waals surface area (Å²) in [7, 11) is 0. The van der Waals surface area contributed by atoms with Crippen molar-refractivity contribution < 1.29 is 4.79 Å². The number of likely N-dealkylation sites (tertiary alicyclic amines) is 1. The van der Waals surface area contributed by atoms with Crippen LogP contribution in [-0.4, -0.2) is 23.9 Å². The molecular formula is C21H25NO. The van der Waals surface area contributed by atoms with Gasteiger partial charge in [-0.3, -0.25) is 4.79 Å². The van der Waals surface area contributed by atoms with E-state index in [1.165, 1.54) is 11.1 Å². The van der Waals surface area contributed by atoms with E-state index < -0.39 is 0 Å². The number of amides is 1. The maximum Gasteiger partial charge on any atom is 0.222 e. The van der Waals surface area contributed by atoms with E-state index in [1.54, 1.807) is 0 Å². The van der Waals surface area contributed by atoms with Crippen molar-refractivity contribution in [1.29, 1.82) is 0 Å². The third kappa shape index (κ3) is 4.69. The molecule has 0 bridgehead atoms. The van der Waals surface area contributed by atoms with Gasteiger partial charge in [-0.1, -0.05) is 60.7 Å². The van der Waals surface area contributed by atoms with Crippen molar-refractivity contribution in [3.8, 4) is 0 Å². The molecule has 1 fully saturated rings. The Kier molecular flexibility index (Phi) is 5.46. The van der Waals surface area contributed by atoms with Crippen molar-refractivity contribution in [2.75, 3.05) is 13.1 Å². The van der Waals surface area contributed by atoms with Crippen LogP contribution < -0.4 is 0 Å². The van der Waals surface area contributed by atoms with E-state index in [2.05, 4.69) is 47.4 Å². The second kappa shape index (κ2) is 7.96. The molecule has 0 aliphatic carbocycles. The molecule has 2 aromatic rings. The topological polar surface area (TPSA) is 20.3 Å². The molecular weight excluding hydrogens is 282 g/mol.